The average Bonchev–Trinajstić information content (AvgIpc) is 3.07. The summed E-state index contributed by atoms with van der Waals surface area (Å²) in [4.78, 5) is 39.4. The van der Waals surface area contributed by atoms with Crippen molar-refractivity contribution in [1.29, 1.82) is 0 Å². The number of ether oxygens (including phenoxy) is 1. The maximum Gasteiger partial charge on any atom is 0.343 e. The van der Waals surface area contributed by atoms with E-state index >= 15 is 0 Å². The predicted molar refractivity (Wildman–Crippen MR) is 94.4 cm³/mol. The molecule has 2 heterocycles. The molecule has 9 heteroatoms. The molecule has 0 spiro atoms. The smallest absolute Gasteiger partial charge is 0.343 e. The van der Waals surface area contributed by atoms with Gasteiger partial charge in [-0.25, -0.2) is 14.7 Å². The van der Waals surface area contributed by atoms with Crippen molar-refractivity contribution in [2.75, 3.05) is 7.11 Å². The Morgan fingerprint density at radius 2 is 2.04 bits per heavy atom. The summed E-state index contributed by atoms with van der Waals surface area (Å²) in [6.07, 6.45) is 0.784. The molecule has 0 saturated heterocycles. The Hall–Kier alpha value is -2.29. The summed E-state index contributed by atoms with van der Waals surface area (Å²) in [5.41, 5.74) is 1.62. The fraction of sp³-hybridized carbons (Fsp3) is 0.500. The van der Waals surface area contributed by atoms with Crippen LogP contribution in [0.1, 0.15) is 52.4 Å². The summed E-state index contributed by atoms with van der Waals surface area (Å²) in [5, 5.41) is 6.39. The number of hydrogen-bond donors (Lipinski definition) is 2. The topological polar surface area (TPSA) is 110 Å². The molecule has 0 amide bonds. The van der Waals surface area contributed by atoms with Crippen LogP contribution in [0.5, 0.6) is 0 Å². The van der Waals surface area contributed by atoms with Gasteiger partial charge in [-0.1, -0.05) is 18.7 Å². The molecule has 0 saturated carbocycles. The fourth-order valence-corrected chi connectivity index (χ4v) is 3.57. The van der Waals surface area contributed by atoms with Crippen LogP contribution < -0.4 is 5.69 Å². The van der Waals surface area contributed by atoms with Gasteiger partial charge in [0.2, 0.25) is 0 Å². The SMILES string of the molecule is CCCn1c(SC(C)C(=O)c2[nH]c(C)c(C(=O)OC)c2C)n[nH]c1=O. The van der Waals surface area contributed by atoms with E-state index in [1.807, 2.05) is 6.92 Å². The van der Waals surface area contributed by atoms with Crippen LogP contribution in [0.3, 0.4) is 0 Å². The lowest BCUT2D eigenvalue weighted by atomic mass is 10.1. The zero-order chi connectivity index (χ0) is 18.7. The van der Waals surface area contributed by atoms with E-state index in [2.05, 4.69) is 15.2 Å². The third kappa shape index (κ3) is 3.71. The number of aromatic nitrogens is 4. The third-order valence-electron chi connectivity index (χ3n) is 3.90. The fourth-order valence-electron chi connectivity index (χ4n) is 2.63. The Bertz CT molecular complexity index is 849. The van der Waals surface area contributed by atoms with Gasteiger partial charge in [0.1, 0.15) is 0 Å². The highest BCUT2D eigenvalue weighted by molar-refractivity contribution is 8.00. The Balaban J connectivity index is 2.27. The molecule has 1 atom stereocenters. The normalized spacial score (nSPS) is 12.2. The zero-order valence-corrected chi connectivity index (χ0v) is 15.7. The van der Waals surface area contributed by atoms with Crippen LogP contribution in [0.25, 0.3) is 0 Å². The molecule has 2 aromatic heterocycles. The van der Waals surface area contributed by atoms with Crippen molar-refractivity contribution in [2.45, 2.75) is 51.1 Å². The summed E-state index contributed by atoms with van der Waals surface area (Å²) < 4.78 is 6.28. The Kier molecular flexibility index (Phi) is 5.89. The van der Waals surface area contributed by atoms with Crippen LogP contribution in [-0.2, 0) is 11.3 Å². The predicted octanol–water partition coefficient (Wildman–Crippen LogP) is 2.08. The van der Waals surface area contributed by atoms with E-state index < -0.39 is 11.2 Å². The molecular formula is C16H22N4O4S. The summed E-state index contributed by atoms with van der Waals surface area (Å²) in [6, 6.07) is 0. The van der Waals surface area contributed by atoms with Gasteiger partial charge in [0, 0.05) is 12.2 Å². The van der Waals surface area contributed by atoms with E-state index in [1.165, 1.54) is 23.4 Å². The molecule has 2 aromatic rings. The minimum atomic E-state index is -0.479. The van der Waals surface area contributed by atoms with Crippen molar-refractivity contribution in [3.8, 4) is 0 Å². The van der Waals surface area contributed by atoms with Crippen molar-refractivity contribution in [1.82, 2.24) is 19.7 Å². The maximum absolute atomic E-state index is 12.8. The van der Waals surface area contributed by atoms with Gasteiger partial charge >= 0.3 is 11.7 Å². The first-order valence-corrected chi connectivity index (χ1v) is 8.83. The number of nitrogens with one attached hydrogen (secondary N) is 2. The first-order chi connectivity index (χ1) is 11.8. The highest BCUT2D eigenvalue weighted by atomic mass is 32.2. The largest absolute Gasteiger partial charge is 0.465 e. The zero-order valence-electron chi connectivity index (χ0n) is 14.9. The standard InChI is InChI=1S/C16H22N4O4S/c1-6-7-20-15(23)18-19-16(20)25-10(4)13(21)12-8(2)11(9(3)17-12)14(22)24-5/h10,17H,6-7H2,1-5H3,(H,18,23). The molecule has 0 aliphatic rings. The number of aromatic amines is 2. The minimum Gasteiger partial charge on any atom is -0.465 e. The highest BCUT2D eigenvalue weighted by Gasteiger charge is 2.27. The lowest BCUT2D eigenvalue weighted by Gasteiger charge is -2.10. The van der Waals surface area contributed by atoms with E-state index in [4.69, 9.17) is 4.74 Å². The van der Waals surface area contributed by atoms with Gasteiger partial charge in [0.25, 0.3) is 0 Å². The van der Waals surface area contributed by atoms with Crippen LogP contribution in [0.4, 0.5) is 0 Å². The van der Waals surface area contributed by atoms with Crippen LogP contribution in [-0.4, -0.2) is 43.9 Å². The molecule has 0 aliphatic heterocycles. The first kappa shape index (κ1) is 19.0. The van der Waals surface area contributed by atoms with Gasteiger partial charge in [-0.05, 0) is 32.8 Å². The summed E-state index contributed by atoms with van der Waals surface area (Å²) in [6.45, 7) is 7.67. The lowest BCUT2D eigenvalue weighted by molar-refractivity contribution is 0.0599. The Morgan fingerprint density at radius 1 is 1.36 bits per heavy atom. The van der Waals surface area contributed by atoms with Crippen molar-refractivity contribution in [2.24, 2.45) is 0 Å². The van der Waals surface area contributed by atoms with Crippen LogP contribution in [0, 0.1) is 13.8 Å². The number of H-pyrrole nitrogens is 2. The number of carbonyl (C=O) groups excluding carboxylic acids is 2. The maximum atomic E-state index is 12.8. The van der Waals surface area contributed by atoms with Crippen LogP contribution >= 0.6 is 11.8 Å². The molecule has 2 N–H and O–H groups in total. The molecule has 0 aromatic carbocycles. The number of nitrogens with zero attached hydrogens (tertiary/aromatic N) is 2. The number of thioether (sulfide) groups is 1. The highest BCUT2D eigenvalue weighted by Crippen LogP contribution is 2.26. The number of aryl methyl sites for hydroxylation is 1. The van der Waals surface area contributed by atoms with Gasteiger partial charge in [-0.15, -0.1) is 5.10 Å². The lowest BCUT2D eigenvalue weighted by Crippen LogP contribution is -2.20. The van der Waals surface area contributed by atoms with Gasteiger partial charge in [0.15, 0.2) is 10.9 Å². The van der Waals surface area contributed by atoms with Crippen LogP contribution in [0.2, 0.25) is 0 Å². The van der Waals surface area contributed by atoms with Crippen LogP contribution in [0.15, 0.2) is 9.95 Å². The Labute approximate surface area is 149 Å². The summed E-state index contributed by atoms with van der Waals surface area (Å²) in [7, 11) is 1.30. The van der Waals surface area contributed by atoms with Gasteiger partial charge < -0.3 is 9.72 Å². The van der Waals surface area contributed by atoms with E-state index in [1.54, 1.807) is 20.8 Å². The number of esters is 1. The second kappa shape index (κ2) is 7.73. The number of methoxy groups -OCH3 is 1. The summed E-state index contributed by atoms with van der Waals surface area (Å²) >= 11 is 1.21. The number of ketones is 1. The molecule has 136 valence electrons. The third-order valence-corrected chi connectivity index (χ3v) is 4.99. The van der Waals surface area contributed by atoms with Crippen molar-refractivity contribution < 1.29 is 14.3 Å². The van der Waals surface area contributed by atoms with Crippen molar-refractivity contribution in [3.63, 3.8) is 0 Å². The molecule has 8 nitrogen and oxygen atoms in total. The van der Waals surface area contributed by atoms with Gasteiger partial charge in [-0.3, -0.25) is 9.36 Å². The average molecular weight is 366 g/mol. The van der Waals surface area contributed by atoms with Gasteiger partial charge in [-0.2, -0.15) is 0 Å². The Morgan fingerprint density at radius 3 is 2.64 bits per heavy atom. The number of rotatable bonds is 7. The van der Waals surface area contributed by atoms with Gasteiger partial charge in [0.05, 0.1) is 23.6 Å². The molecule has 0 bridgehead atoms. The number of Topliss-reactive ketones (excluding diaryl/α,β-unsaturated/α-hetero) is 1. The second-order valence-electron chi connectivity index (χ2n) is 5.70. The molecular weight excluding hydrogens is 344 g/mol. The second-order valence-corrected chi connectivity index (χ2v) is 7.01. The van der Waals surface area contributed by atoms with E-state index in [-0.39, 0.29) is 11.5 Å². The molecule has 0 aliphatic carbocycles. The van der Waals surface area contributed by atoms with Crippen molar-refractivity contribution >= 4 is 23.5 Å². The molecule has 1 unspecified atom stereocenters. The number of carbonyl (C=O) groups is 2. The first-order valence-electron chi connectivity index (χ1n) is 7.95. The van der Waals surface area contributed by atoms with E-state index in [0.29, 0.717) is 34.2 Å². The van der Waals surface area contributed by atoms with E-state index in [9.17, 15) is 14.4 Å². The molecule has 2 rings (SSSR count). The monoisotopic (exact) mass is 366 g/mol. The quantitative estimate of drug-likeness (QED) is 0.441. The van der Waals surface area contributed by atoms with Crippen molar-refractivity contribution in [3.05, 3.63) is 33.0 Å². The minimum absolute atomic E-state index is 0.167. The van der Waals surface area contributed by atoms with E-state index in [0.717, 1.165) is 6.42 Å². The molecule has 0 fully saturated rings. The number of hydrogen-bond acceptors (Lipinski definition) is 6. The molecule has 25 heavy (non-hydrogen) atoms. The summed E-state index contributed by atoms with van der Waals surface area (Å²) in [5.74, 6) is -0.644. The molecule has 0 radical (unpaired) electrons.